The van der Waals surface area contributed by atoms with Gasteiger partial charge >= 0.3 is 11.9 Å². The SMILES string of the molecule is CN(C(=O)C(=O)O)C1CCCCCC1. The third kappa shape index (κ3) is 2.72. The third-order valence-electron chi connectivity index (χ3n) is 2.88. The number of carbonyl (C=O) groups excluding carboxylic acids is 1. The van der Waals surface area contributed by atoms with Crippen molar-refractivity contribution in [2.45, 2.75) is 44.6 Å². The molecule has 1 saturated carbocycles. The number of likely N-dealkylation sites (N-methyl/N-ethyl adjacent to an activating group) is 1. The van der Waals surface area contributed by atoms with E-state index >= 15 is 0 Å². The summed E-state index contributed by atoms with van der Waals surface area (Å²) in [5, 5.41) is 8.56. The molecule has 1 aliphatic carbocycles. The van der Waals surface area contributed by atoms with E-state index in [-0.39, 0.29) is 6.04 Å². The van der Waals surface area contributed by atoms with Gasteiger partial charge in [-0.05, 0) is 12.8 Å². The highest BCUT2D eigenvalue weighted by atomic mass is 16.4. The molecule has 0 atom stereocenters. The molecule has 0 heterocycles. The first-order valence-electron chi connectivity index (χ1n) is 5.13. The highest BCUT2D eigenvalue weighted by Gasteiger charge is 2.25. The van der Waals surface area contributed by atoms with Crippen molar-refractivity contribution >= 4 is 11.9 Å². The fraction of sp³-hybridized carbons (Fsp3) is 0.800. The lowest BCUT2D eigenvalue weighted by molar-refractivity contribution is -0.156. The fourth-order valence-electron chi connectivity index (χ4n) is 1.96. The molecule has 80 valence electrons. The lowest BCUT2D eigenvalue weighted by atomic mass is 10.1. The summed E-state index contributed by atoms with van der Waals surface area (Å²) in [5.41, 5.74) is 0. The summed E-state index contributed by atoms with van der Waals surface area (Å²) >= 11 is 0. The molecule has 1 fully saturated rings. The van der Waals surface area contributed by atoms with Gasteiger partial charge in [-0.25, -0.2) is 4.79 Å². The second kappa shape index (κ2) is 4.98. The van der Waals surface area contributed by atoms with Crippen LogP contribution in [0.15, 0.2) is 0 Å². The molecule has 0 saturated heterocycles. The number of carbonyl (C=O) groups is 2. The minimum Gasteiger partial charge on any atom is -0.474 e. The number of nitrogens with zero attached hydrogens (tertiary/aromatic N) is 1. The number of hydrogen-bond acceptors (Lipinski definition) is 2. The molecule has 0 aromatic rings. The number of aliphatic carboxylic acids is 1. The van der Waals surface area contributed by atoms with E-state index in [0.717, 1.165) is 25.7 Å². The molecule has 14 heavy (non-hydrogen) atoms. The molecule has 0 aliphatic heterocycles. The molecule has 4 nitrogen and oxygen atoms in total. The second-order valence-corrected chi connectivity index (χ2v) is 3.87. The Balaban J connectivity index is 2.53. The van der Waals surface area contributed by atoms with Crippen LogP contribution < -0.4 is 0 Å². The molecule has 4 heteroatoms. The molecule has 1 amide bonds. The monoisotopic (exact) mass is 199 g/mol. The fourth-order valence-corrected chi connectivity index (χ4v) is 1.96. The third-order valence-corrected chi connectivity index (χ3v) is 2.88. The van der Waals surface area contributed by atoms with E-state index in [2.05, 4.69) is 0 Å². The smallest absolute Gasteiger partial charge is 0.394 e. The number of carboxylic acid groups (broad SMARTS) is 1. The van der Waals surface area contributed by atoms with E-state index in [9.17, 15) is 9.59 Å². The molecule has 1 aliphatic rings. The van der Waals surface area contributed by atoms with Gasteiger partial charge in [0.2, 0.25) is 0 Å². The van der Waals surface area contributed by atoms with Crippen molar-refractivity contribution in [2.24, 2.45) is 0 Å². The number of carboxylic acids is 1. The van der Waals surface area contributed by atoms with Crippen LogP contribution >= 0.6 is 0 Å². The molecule has 1 N–H and O–H groups in total. The van der Waals surface area contributed by atoms with E-state index in [1.807, 2.05) is 0 Å². The topological polar surface area (TPSA) is 57.6 Å². The lowest BCUT2D eigenvalue weighted by Crippen LogP contribution is -2.40. The zero-order valence-electron chi connectivity index (χ0n) is 8.53. The summed E-state index contributed by atoms with van der Waals surface area (Å²) in [6.07, 6.45) is 6.48. The van der Waals surface area contributed by atoms with Crippen LogP contribution in [0.3, 0.4) is 0 Å². The van der Waals surface area contributed by atoms with E-state index in [4.69, 9.17) is 5.11 Å². The van der Waals surface area contributed by atoms with Gasteiger partial charge in [-0.1, -0.05) is 25.7 Å². The Bertz CT molecular complexity index is 219. The summed E-state index contributed by atoms with van der Waals surface area (Å²) in [6.45, 7) is 0. The van der Waals surface area contributed by atoms with Gasteiger partial charge in [0.15, 0.2) is 0 Å². The Kier molecular flexibility index (Phi) is 3.92. The zero-order chi connectivity index (χ0) is 10.6. The van der Waals surface area contributed by atoms with Crippen molar-refractivity contribution in [1.29, 1.82) is 0 Å². The Morgan fingerprint density at radius 1 is 1.14 bits per heavy atom. The number of amides is 1. The summed E-state index contributed by atoms with van der Waals surface area (Å²) in [5.74, 6) is -2.13. The van der Waals surface area contributed by atoms with Crippen molar-refractivity contribution in [1.82, 2.24) is 4.90 Å². The average Bonchev–Trinajstić information content (AvgIpc) is 2.43. The van der Waals surface area contributed by atoms with Gasteiger partial charge in [-0.2, -0.15) is 0 Å². The Morgan fingerprint density at radius 2 is 1.64 bits per heavy atom. The van der Waals surface area contributed by atoms with Crippen LogP contribution in [0.5, 0.6) is 0 Å². The molecular formula is C10H17NO3. The molecule has 0 aromatic heterocycles. The molecular weight excluding hydrogens is 182 g/mol. The predicted molar refractivity (Wildman–Crippen MR) is 51.9 cm³/mol. The van der Waals surface area contributed by atoms with E-state index in [0.29, 0.717) is 0 Å². The molecule has 0 spiro atoms. The Morgan fingerprint density at radius 3 is 2.07 bits per heavy atom. The second-order valence-electron chi connectivity index (χ2n) is 3.87. The van der Waals surface area contributed by atoms with Crippen molar-refractivity contribution in [3.8, 4) is 0 Å². The summed E-state index contributed by atoms with van der Waals surface area (Å²) in [6, 6.07) is 0.126. The first kappa shape index (κ1) is 11.0. The van der Waals surface area contributed by atoms with Gasteiger partial charge in [0, 0.05) is 13.1 Å². The van der Waals surface area contributed by atoms with Crippen LogP contribution in [0.4, 0.5) is 0 Å². The maximum atomic E-state index is 11.2. The van der Waals surface area contributed by atoms with Crippen LogP contribution in [-0.2, 0) is 9.59 Å². The van der Waals surface area contributed by atoms with Gasteiger partial charge in [0.1, 0.15) is 0 Å². The van der Waals surface area contributed by atoms with E-state index < -0.39 is 11.9 Å². The van der Waals surface area contributed by atoms with E-state index in [1.165, 1.54) is 17.7 Å². The Hall–Kier alpha value is -1.06. The number of hydrogen-bond donors (Lipinski definition) is 1. The summed E-state index contributed by atoms with van der Waals surface area (Å²) < 4.78 is 0. The normalized spacial score (nSPS) is 18.6. The number of rotatable bonds is 1. The van der Waals surface area contributed by atoms with Crippen LogP contribution in [0.2, 0.25) is 0 Å². The molecule has 0 unspecified atom stereocenters. The van der Waals surface area contributed by atoms with Gasteiger partial charge in [-0.3, -0.25) is 4.79 Å². The highest BCUT2D eigenvalue weighted by Crippen LogP contribution is 2.20. The summed E-state index contributed by atoms with van der Waals surface area (Å²) in [7, 11) is 1.59. The minimum atomic E-state index is -1.35. The Labute approximate surface area is 83.9 Å². The maximum Gasteiger partial charge on any atom is 0.394 e. The van der Waals surface area contributed by atoms with Gasteiger partial charge < -0.3 is 10.0 Å². The van der Waals surface area contributed by atoms with Gasteiger partial charge in [-0.15, -0.1) is 0 Å². The van der Waals surface area contributed by atoms with Crippen LogP contribution in [0.1, 0.15) is 38.5 Å². The van der Waals surface area contributed by atoms with Gasteiger partial charge in [0.05, 0.1) is 0 Å². The van der Waals surface area contributed by atoms with E-state index in [1.54, 1.807) is 7.05 Å². The van der Waals surface area contributed by atoms with Gasteiger partial charge in [0.25, 0.3) is 0 Å². The largest absolute Gasteiger partial charge is 0.474 e. The van der Waals surface area contributed by atoms with Crippen molar-refractivity contribution in [2.75, 3.05) is 7.05 Å². The first-order valence-corrected chi connectivity index (χ1v) is 5.13. The van der Waals surface area contributed by atoms with Crippen LogP contribution in [-0.4, -0.2) is 35.0 Å². The zero-order valence-corrected chi connectivity index (χ0v) is 8.53. The molecule has 0 bridgehead atoms. The van der Waals surface area contributed by atoms with Crippen LogP contribution in [0, 0.1) is 0 Å². The van der Waals surface area contributed by atoms with Crippen molar-refractivity contribution in [3.63, 3.8) is 0 Å². The van der Waals surface area contributed by atoms with Crippen molar-refractivity contribution in [3.05, 3.63) is 0 Å². The van der Waals surface area contributed by atoms with Crippen molar-refractivity contribution < 1.29 is 14.7 Å². The average molecular weight is 199 g/mol. The lowest BCUT2D eigenvalue weighted by Gasteiger charge is -2.25. The molecule has 0 aromatic carbocycles. The molecule has 1 rings (SSSR count). The van der Waals surface area contributed by atoms with Crippen LogP contribution in [0.25, 0.3) is 0 Å². The maximum absolute atomic E-state index is 11.2. The first-order chi connectivity index (χ1) is 6.63. The standard InChI is InChI=1S/C10H17NO3/c1-11(9(12)10(13)14)8-6-4-2-3-5-7-8/h8H,2-7H2,1H3,(H,13,14). The summed E-state index contributed by atoms with van der Waals surface area (Å²) in [4.78, 5) is 23.0. The quantitative estimate of drug-likeness (QED) is 0.511. The molecule has 0 radical (unpaired) electrons. The minimum absolute atomic E-state index is 0.126. The predicted octanol–water partition coefficient (Wildman–Crippen LogP) is 1.25. The highest BCUT2D eigenvalue weighted by molar-refractivity contribution is 6.31.